The van der Waals surface area contributed by atoms with Gasteiger partial charge in [0.05, 0.1) is 6.04 Å². The SMILES string of the molecule is CC(c1ccc(O)cc1)N(C)C(=O)C1CCCCC1(C)C. The van der Waals surface area contributed by atoms with E-state index in [1.807, 2.05) is 31.0 Å². The van der Waals surface area contributed by atoms with Crippen molar-refractivity contribution in [3.63, 3.8) is 0 Å². The van der Waals surface area contributed by atoms with Crippen molar-refractivity contribution in [2.45, 2.75) is 52.5 Å². The van der Waals surface area contributed by atoms with Crippen molar-refractivity contribution in [3.8, 4) is 5.75 Å². The van der Waals surface area contributed by atoms with Gasteiger partial charge in [0.15, 0.2) is 0 Å². The third-order valence-electron chi connectivity index (χ3n) is 5.11. The number of rotatable bonds is 3. The predicted octanol–water partition coefficient (Wildman–Crippen LogP) is 4.13. The van der Waals surface area contributed by atoms with E-state index >= 15 is 0 Å². The molecule has 1 aliphatic carbocycles. The van der Waals surface area contributed by atoms with Gasteiger partial charge >= 0.3 is 0 Å². The minimum Gasteiger partial charge on any atom is -0.508 e. The average Bonchev–Trinajstić information content (AvgIpc) is 2.45. The Bertz CT molecular complexity index is 492. The van der Waals surface area contributed by atoms with E-state index in [1.54, 1.807) is 12.1 Å². The number of phenols is 1. The summed E-state index contributed by atoms with van der Waals surface area (Å²) in [5, 5.41) is 9.38. The summed E-state index contributed by atoms with van der Waals surface area (Å²) in [7, 11) is 1.89. The molecule has 2 unspecified atom stereocenters. The Kier molecular flexibility index (Phi) is 4.60. The van der Waals surface area contributed by atoms with Crippen LogP contribution in [-0.2, 0) is 4.79 Å². The Morgan fingerprint density at radius 3 is 2.48 bits per heavy atom. The predicted molar refractivity (Wildman–Crippen MR) is 85.0 cm³/mol. The summed E-state index contributed by atoms with van der Waals surface area (Å²) in [5.41, 5.74) is 1.15. The lowest BCUT2D eigenvalue weighted by Crippen LogP contribution is -2.42. The molecule has 1 aliphatic rings. The second-order valence-corrected chi connectivity index (χ2v) is 7.00. The van der Waals surface area contributed by atoms with E-state index in [2.05, 4.69) is 13.8 Å². The summed E-state index contributed by atoms with van der Waals surface area (Å²) >= 11 is 0. The Hall–Kier alpha value is -1.51. The molecular formula is C18H27NO2. The monoisotopic (exact) mass is 289 g/mol. The van der Waals surface area contributed by atoms with Gasteiger partial charge in [0.2, 0.25) is 5.91 Å². The Balaban J connectivity index is 2.12. The molecule has 1 amide bonds. The molecule has 2 atom stereocenters. The molecule has 0 bridgehead atoms. The highest BCUT2D eigenvalue weighted by Gasteiger charge is 2.39. The van der Waals surface area contributed by atoms with Crippen LogP contribution in [0, 0.1) is 11.3 Å². The van der Waals surface area contributed by atoms with Crippen LogP contribution in [0.15, 0.2) is 24.3 Å². The topological polar surface area (TPSA) is 40.5 Å². The maximum atomic E-state index is 12.9. The standard InChI is InChI=1S/C18H27NO2/c1-13(14-8-10-15(20)11-9-14)19(4)17(21)16-7-5-6-12-18(16,2)3/h8-11,13,16,20H,5-7,12H2,1-4H3. The minimum atomic E-state index is 0.0239. The van der Waals surface area contributed by atoms with E-state index in [0.717, 1.165) is 24.8 Å². The third-order valence-corrected chi connectivity index (χ3v) is 5.11. The summed E-state index contributed by atoms with van der Waals surface area (Å²) in [6.45, 7) is 6.47. The van der Waals surface area contributed by atoms with Crippen molar-refractivity contribution in [3.05, 3.63) is 29.8 Å². The Labute approximate surface area is 128 Å². The van der Waals surface area contributed by atoms with Gasteiger partial charge in [-0.1, -0.05) is 38.8 Å². The fourth-order valence-corrected chi connectivity index (χ4v) is 3.36. The van der Waals surface area contributed by atoms with Crippen molar-refractivity contribution in [1.29, 1.82) is 0 Å². The second-order valence-electron chi connectivity index (χ2n) is 7.00. The number of aromatic hydroxyl groups is 1. The average molecular weight is 289 g/mol. The van der Waals surface area contributed by atoms with Crippen LogP contribution >= 0.6 is 0 Å². The lowest BCUT2D eigenvalue weighted by molar-refractivity contribution is -0.141. The third kappa shape index (κ3) is 3.39. The number of hydrogen-bond donors (Lipinski definition) is 1. The quantitative estimate of drug-likeness (QED) is 0.909. The van der Waals surface area contributed by atoms with Gasteiger partial charge in [0.25, 0.3) is 0 Å². The van der Waals surface area contributed by atoms with Crippen molar-refractivity contribution >= 4 is 5.91 Å². The Morgan fingerprint density at radius 1 is 1.29 bits per heavy atom. The Morgan fingerprint density at radius 2 is 1.90 bits per heavy atom. The summed E-state index contributed by atoms with van der Waals surface area (Å²) < 4.78 is 0. The van der Waals surface area contributed by atoms with Crippen LogP contribution in [0.4, 0.5) is 0 Å². The van der Waals surface area contributed by atoms with Crippen molar-refractivity contribution < 1.29 is 9.90 Å². The molecule has 1 N–H and O–H groups in total. The van der Waals surface area contributed by atoms with Crippen molar-refractivity contribution in [2.24, 2.45) is 11.3 Å². The number of hydrogen-bond acceptors (Lipinski definition) is 2. The van der Waals surface area contributed by atoms with Gasteiger partial charge < -0.3 is 10.0 Å². The largest absolute Gasteiger partial charge is 0.508 e. The normalized spacial score (nSPS) is 22.6. The fraction of sp³-hybridized carbons (Fsp3) is 0.611. The molecule has 3 nitrogen and oxygen atoms in total. The lowest BCUT2D eigenvalue weighted by Gasteiger charge is -2.40. The first-order valence-electron chi connectivity index (χ1n) is 7.88. The molecule has 0 aliphatic heterocycles. The van der Waals surface area contributed by atoms with Crippen LogP contribution in [-0.4, -0.2) is 23.0 Å². The smallest absolute Gasteiger partial charge is 0.226 e. The molecule has 3 heteroatoms. The zero-order valence-corrected chi connectivity index (χ0v) is 13.6. The molecular weight excluding hydrogens is 262 g/mol. The molecule has 0 spiro atoms. The zero-order valence-electron chi connectivity index (χ0n) is 13.6. The van der Waals surface area contributed by atoms with Gasteiger partial charge in [-0.25, -0.2) is 0 Å². The molecule has 1 aromatic rings. The van der Waals surface area contributed by atoms with Gasteiger partial charge in [-0.15, -0.1) is 0 Å². The number of nitrogens with zero attached hydrogens (tertiary/aromatic N) is 1. The summed E-state index contributed by atoms with van der Waals surface area (Å²) in [6, 6.07) is 7.14. The maximum Gasteiger partial charge on any atom is 0.226 e. The first-order valence-corrected chi connectivity index (χ1v) is 7.88. The number of carbonyl (C=O) groups excluding carboxylic acids is 1. The molecule has 21 heavy (non-hydrogen) atoms. The molecule has 1 fully saturated rings. The van der Waals surface area contributed by atoms with E-state index in [-0.39, 0.29) is 29.0 Å². The summed E-state index contributed by atoms with van der Waals surface area (Å²) in [4.78, 5) is 14.7. The van der Waals surface area contributed by atoms with E-state index in [1.165, 1.54) is 6.42 Å². The molecule has 2 rings (SSSR count). The molecule has 0 radical (unpaired) electrons. The molecule has 116 valence electrons. The number of benzene rings is 1. The summed E-state index contributed by atoms with van der Waals surface area (Å²) in [6.07, 6.45) is 4.51. The molecule has 0 heterocycles. The molecule has 0 saturated heterocycles. The number of phenolic OH excluding ortho intramolecular Hbond substituents is 1. The van der Waals surface area contributed by atoms with Crippen LogP contribution in [0.2, 0.25) is 0 Å². The van der Waals surface area contributed by atoms with Crippen molar-refractivity contribution in [2.75, 3.05) is 7.05 Å². The maximum absolute atomic E-state index is 12.9. The summed E-state index contributed by atoms with van der Waals surface area (Å²) in [5.74, 6) is 0.629. The van der Waals surface area contributed by atoms with E-state index in [9.17, 15) is 9.90 Å². The number of amides is 1. The van der Waals surface area contributed by atoms with Gasteiger partial charge in [0, 0.05) is 13.0 Å². The van der Waals surface area contributed by atoms with Gasteiger partial charge in [0.1, 0.15) is 5.75 Å². The van der Waals surface area contributed by atoms with Crippen LogP contribution < -0.4 is 0 Å². The van der Waals surface area contributed by atoms with Gasteiger partial charge in [-0.3, -0.25) is 4.79 Å². The van der Waals surface area contributed by atoms with Gasteiger partial charge in [-0.2, -0.15) is 0 Å². The van der Waals surface area contributed by atoms with Crippen LogP contribution in [0.5, 0.6) is 5.75 Å². The van der Waals surface area contributed by atoms with Crippen LogP contribution in [0.25, 0.3) is 0 Å². The van der Waals surface area contributed by atoms with Crippen LogP contribution in [0.3, 0.4) is 0 Å². The zero-order chi connectivity index (χ0) is 15.6. The van der Waals surface area contributed by atoms with Gasteiger partial charge in [-0.05, 0) is 42.9 Å². The molecule has 0 aromatic heterocycles. The van der Waals surface area contributed by atoms with Crippen LogP contribution in [0.1, 0.15) is 58.1 Å². The lowest BCUT2D eigenvalue weighted by atomic mass is 9.68. The molecule has 1 aromatic carbocycles. The second kappa shape index (κ2) is 6.08. The first-order chi connectivity index (χ1) is 9.83. The highest BCUT2D eigenvalue weighted by Crippen LogP contribution is 2.42. The van der Waals surface area contributed by atoms with Crippen molar-refractivity contribution in [1.82, 2.24) is 4.90 Å². The first kappa shape index (κ1) is 15.9. The van der Waals surface area contributed by atoms with E-state index < -0.39 is 0 Å². The molecule has 1 saturated carbocycles. The minimum absolute atomic E-state index is 0.0239. The number of carbonyl (C=O) groups is 1. The van der Waals surface area contributed by atoms with E-state index in [4.69, 9.17) is 0 Å². The highest BCUT2D eigenvalue weighted by atomic mass is 16.3. The van der Waals surface area contributed by atoms with E-state index in [0.29, 0.717) is 0 Å². The highest BCUT2D eigenvalue weighted by molar-refractivity contribution is 5.80. The fourth-order valence-electron chi connectivity index (χ4n) is 3.36.